The van der Waals surface area contributed by atoms with Crippen LogP contribution in [0.25, 0.3) is 0 Å². The highest BCUT2D eigenvalue weighted by Crippen LogP contribution is 2.15. The molecule has 0 spiro atoms. The van der Waals surface area contributed by atoms with Crippen molar-refractivity contribution in [3.8, 4) is 0 Å². The van der Waals surface area contributed by atoms with Crippen LogP contribution in [0.1, 0.15) is 24.2 Å². The molecule has 0 aliphatic carbocycles. The predicted octanol–water partition coefficient (Wildman–Crippen LogP) is 0.112. The van der Waals surface area contributed by atoms with E-state index in [1.165, 1.54) is 12.1 Å². The third-order valence-electron chi connectivity index (χ3n) is 3.91. The Morgan fingerprint density at radius 1 is 1.08 bits per heavy atom. The predicted molar refractivity (Wildman–Crippen MR) is 90.3 cm³/mol. The third-order valence-corrected chi connectivity index (χ3v) is 5.02. The molecule has 0 unspecified atom stereocenters. The summed E-state index contributed by atoms with van der Waals surface area (Å²) in [5, 5.41) is 0. The standard InChI is InChI=1S/C16H23N3O4S/c1-16(2,17)15(21)19-9-7-18(8-10-19)14(20)12-5-4-6-13(11-12)24(3,22)23/h4-6,11H,7-10,17H2,1-3H3. The second kappa shape index (κ2) is 6.52. The van der Waals surface area contributed by atoms with Crippen LogP contribution in [0.3, 0.4) is 0 Å². The molecule has 8 heteroatoms. The molecule has 0 bridgehead atoms. The van der Waals surface area contributed by atoms with E-state index in [0.29, 0.717) is 31.7 Å². The summed E-state index contributed by atoms with van der Waals surface area (Å²) in [7, 11) is -3.36. The zero-order valence-corrected chi connectivity index (χ0v) is 15.0. The second-order valence-corrected chi connectivity index (χ2v) is 8.62. The van der Waals surface area contributed by atoms with E-state index >= 15 is 0 Å². The highest BCUT2D eigenvalue weighted by atomic mass is 32.2. The second-order valence-electron chi connectivity index (χ2n) is 6.61. The van der Waals surface area contributed by atoms with Gasteiger partial charge in [0, 0.05) is 38.0 Å². The molecule has 0 aromatic heterocycles. The topological polar surface area (TPSA) is 101 Å². The lowest BCUT2D eigenvalue weighted by Crippen LogP contribution is -2.57. The number of benzene rings is 1. The molecule has 2 rings (SSSR count). The summed E-state index contributed by atoms with van der Waals surface area (Å²) in [6, 6.07) is 6.00. The quantitative estimate of drug-likeness (QED) is 0.831. The van der Waals surface area contributed by atoms with Crippen LogP contribution in [-0.2, 0) is 14.6 Å². The van der Waals surface area contributed by atoms with Gasteiger partial charge in [0.25, 0.3) is 5.91 Å². The lowest BCUT2D eigenvalue weighted by atomic mass is 10.0. The van der Waals surface area contributed by atoms with Crippen LogP contribution >= 0.6 is 0 Å². The van der Waals surface area contributed by atoms with Gasteiger partial charge in [-0.05, 0) is 32.0 Å². The van der Waals surface area contributed by atoms with Crippen LogP contribution in [0.2, 0.25) is 0 Å². The van der Waals surface area contributed by atoms with Crippen molar-refractivity contribution >= 4 is 21.7 Å². The average molecular weight is 353 g/mol. The Balaban J connectivity index is 2.07. The number of hydrogen-bond acceptors (Lipinski definition) is 5. The Hall–Kier alpha value is -1.93. The molecule has 1 aromatic carbocycles. The Bertz CT molecular complexity index is 745. The minimum absolute atomic E-state index is 0.118. The zero-order chi connectivity index (χ0) is 18.1. The van der Waals surface area contributed by atoms with Gasteiger partial charge < -0.3 is 15.5 Å². The van der Waals surface area contributed by atoms with Crippen LogP contribution in [0, 0.1) is 0 Å². The fourth-order valence-electron chi connectivity index (χ4n) is 2.56. The summed E-state index contributed by atoms with van der Waals surface area (Å²) in [4.78, 5) is 28.1. The molecule has 7 nitrogen and oxygen atoms in total. The van der Waals surface area contributed by atoms with Gasteiger partial charge in [-0.3, -0.25) is 9.59 Å². The normalized spacial score (nSPS) is 16.2. The monoisotopic (exact) mass is 353 g/mol. The number of sulfone groups is 1. The molecule has 0 atom stereocenters. The Morgan fingerprint density at radius 2 is 1.62 bits per heavy atom. The Kier molecular flexibility index (Phi) is 5.00. The van der Waals surface area contributed by atoms with Crippen LogP contribution in [0.5, 0.6) is 0 Å². The molecular formula is C16H23N3O4S. The van der Waals surface area contributed by atoms with Gasteiger partial charge in [0.15, 0.2) is 9.84 Å². The summed E-state index contributed by atoms with van der Waals surface area (Å²) in [5.41, 5.74) is 5.22. The van der Waals surface area contributed by atoms with Crippen molar-refractivity contribution in [3.05, 3.63) is 29.8 Å². The third kappa shape index (κ3) is 4.12. The number of piperazine rings is 1. The number of nitrogens with zero attached hydrogens (tertiary/aromatic N) is 2. The van der Waals surface area contributed by atoms with Crippen molar-refractivity contribution in [2.45, 2.75) is 24.3 Å². The maximum atomic E-state index is 12.6. The van der Waals surface area contributed by atoms with Crippen LogP contribution < -0.4 is 5.73 Å². The highest BCUT2D eigenvalue weighted by molar-refractivity contribution is 7.90. The summed E-state index contributed by atoms with van der Waals surface area (Å²) < 4.78 is 23.2. The van der Waals surface area contributed by atoms with Crippen molar-refractivity contribution in [1.29, 1.82) is 0 Å². The van der Waals surface area contributed by atoms with Crippen LogP contribution in [-0.4, -0.2) is 68.0 Å². The fourth-order valence-corrected chi connectivity index (χ4v) is 3.23. The number of hydrogen-bond donors (Lipinski definition) is 1. The van der Waals surface area contributed by atoms with E-state index in [1.54, 1.807) is 35.8 Å². The highest BCUT2D eigenvalue weighted by Gasteiger charge is 2.31. The van der Waals surface area contributed by atoms with Crippen molar-refractivity contribution in [1.82, 2.24) is 9.80 Å². The largest absolute Gasteiger partial charge is 0.338 e. The fraction of sp³-hybridized carbons (Fsp3) is 0.500. The van der Waals surface area contributed by atoms with Crippen molar-refractivity contribution in [2.75, 3.05) is 32.4 Å². The van der Waals surface area contributed by atoms with Crippen molar-refractivity contribution in [3.63, 3.8) is 0 Å². The first kappa shape index (κ1) is 18.4. The van der Waals surface area contributed by atoms with Gasteiger partial charge in [-0.15, -0.1) is 0 Å². The molecule has 1 fully saturated rings. The molecule has 24 heavy (non-hydrogen) atoms. The van der Waals surface area contributed by atoms with E-state index in [1.807, 2.05) is 0 Å². The molecule has 1 heterocycles. The first-order valence-corrected chi connectivity index (χ1v) is 9.57. The van der Waals surface area contributed by atoms with Gasteiger partial charge in [-0.2, -0.15) is 0 Å². The minimum Gasteiger partial charge on any atom is -0.338 e. The summed E-state index contributed by atoms with van der Waals surface area (Å²) in [6.07, 6.45) is 1.11. The van der Waals surface area contributed by atoms with E-state index in [2.05, 4.69) is 0 Å². The maximum absolute atomic E-state index is 12.6. The first-order valence-electron chi connectivity index (χ1n) is 7.68. The maximum Gasteiger partial charge on any atom is 0.254 e. The molecule has 1 aromatic rings. The summed E-state index contributed by atoms with van der Waals surface area (Å²) in [5.74, 6) is -0.381. The number of nitrogens with two attached hydrogens (primary N) is 1. The summed E-state index contributed by atoms with van der Waals surface area (Å²) >= 11 is 0. The molecule has 132 valence electrons. The van der Waals surface area contributed by atoms with Gasteiger partial charge in [0.05, 0.1) is 10.4 Å². The van der Waals surface area contributed by atoms with Crippen LogP contribution in [0.15, 0.2) is 29.2 Å². The van der Waals surface area contributed by atoms with Gasteiger partial charge in [0.2, 0.25) is 5.91 Å². The lowest BCUT2D eigenvalue weighted by molar-refractivity contribution is -0.137. The van der Waals surface area contributed by atoms with E-state index in [-0.39, 0.29) is 16.7 Å². The molecule has 1 aliphatic heterocycles. The smallest absolute Gasteiger partial charge is 0.254 e. The SMILES string of the molecule is CC(C)(N)C(=O)N1CCN(C(=O)c2cccc(S(C)(=O)=O)c2)CC1. The number of carbonyl (C=O) groups excluding carboxylic acids is 2. The van der Waals surface area contributed by atoms with E-state index in [9.17, 15) is 18.0 Å². The molecule has 2 N–H and O–H groups in total. The van der Waals surface area contributed by atoms with Gasteiger partial charge >= 0.3 is 0 Å². The molecule has 1 saturated heterocycles. The molecule has 0 saturated carbocycles. The van der Waals surface area contributed by atoms with Crippen molar-refractivity contribution < 1.29 is 18.0 Å². The Morgan fingerprint density at radius 3 is 2.12 bits per heavy atom. The molecule has 0 radical (unpaired) electrons. The first-order chi connectivity index (χ1) is 11.0. The van der Waals surface area contributed by atoms with E-state index < -0.39 is 15.4 Å². The van der Waals surface area contributed by atoms with Gasteiger partial charge in [-0.1, -0.05) is 6.07 Å². The Labute approximate surface area is 142 Å². The van der Waals surface area contributed by atoms with Gasteiger partial charge in [-0.25, -0.2) is 8.42 Å². The average Bonchev–Trinajstić information content (AvgIpc) is 2.52. The number of carbonyl (C=O) groups is 2. The molecule has 1 aliphatic rings. The van der Waals surface area contributed by atoms with E-state index in [4.69, 9.17) is 5.73 Å². The van der Waals surface area contributed by atoms with Crippen molar-refractivity contribution in [2.24, 2.45) is 5.73 Å². The number of rotatable bonds is 3. The lowest BCUT2D eigenvalue weighted by Gasteiger charge is -2.37. The van der Waals surface area contributed by atoms with E-state index in [0.717, 1.165) is 6.26 Å². The number of amides is 2. The zero-order valence-electron chi connectivity index (χ0n) is 14.2. The van der Waals surface area contributed by atoms with Gasteiger partial charge in [0.1, 0.15) is 0 Å². The minimum atomic E-state index is -3.36. The molecular weight excluding hydrogens is 330 g/mol. The summed E-state index contributed by atoms with van der Waals surface area (Å²) in [6.45, 7) is 4.93. The van der Waals surface area contributed by atoms with Crippen LogP contribution in [0.4, 0.5) is 0 Å². The molecule has 2 amide bonds.